The number of pyridine rings is 1. The van der Waals surface area contributed by atoms with E-state index < -0.39 is 12.0 Å². The molecule has 5 nitrogen and oxygen atoms in total. The third-order valence-electron chi connectivity index (χ3n) is 2.02. The van der Waals surface area contributed by atoms with Crippen LogP contribution in [0.2, 0.25) is 5.02 Å². The minimum Gasteiger partial charge on any atom is -0.480 e. The SMILES string of the molecule is NC(C(=O)O)c1cn2cc(Cl)ccc2n1. The molecule has 0 fully saturated rings. The molecule has 1 unspecified atom stereocenters. The van der Waals surface area contributed by atoms with Gasteiger partial charge in [0, 0.05) is 12.4 Å². The second-order valence-electron chi connectivity index (χ2n) is 3.09. The molecule has 0 aliphatic heterocycles. The van der Waals surface area contributed by atoms with Crippen LogP contribution >= 0.6 is 11.6 Å². The summed E-state index contributed by atoms with van der Waals surface area (Å²) < 4.78 is 1.64. The summed E-state index contributed by atoms with van der Waals surface area (Å²) >= 11 is 5.77. The van der Waals surface area contributed by atoms with Gasteiger partial charge in [-0.2, -0.15) is 0 Å². The van der Waals surface area contributed by atoms with E-state index in [1.54, 1.807) is 28.9 Å². The Balaban J connectivity index is 2.51. The number of aliphatic carboxylic acids is 1. The van der Waals surface area contributed by atoms with Crippen LogP contribution < -0.4 is 5.73 Å². The number of carboxylic acid groups (broad SMARTS) is 1. The van der Waals surface area contributed by atoms with Crippen molar-refractivity contribution in [1.82, 2.24) is 9.38 Å². The number of imidazole rings is 1. The fraction of sp³-hybridized carbons (Fsp3) is 0.111. The second-order valence-corrected chi connectivity index (χ2v) is 3.53. The normalized spacial score (nSPS) is 12.9. The molecule has 0 aliphatic rings. The van der Waals surface area contributed by atoms with Crippen LogP contribution in [0.1, 0.15) is 11.7 Å². The minimum absolute atomic E-state index is 0.310. The molecular weight excluding hydrogens is 218 g/mol. The predicted octanol–water partition coefficient (Wildman–Crippen LogP) is 1.07. The van der Waals surface area contributed by atoms with Crippen LogP contribution in [0.15, 0.2) is 24.5 Å². The number of carbonyl (C=O) groups is 1. The van der Waals surface area contributed by atoms with Crippen LogP contribution in [0, 0.1) is 0 Å². The summed E-state index contributed by atoms with van der Waals surface area (Å²) in [6, 6.07) is 2.27. The van der Waals surface area contributed by atoms with E-state index in [0.29, 0.717) is 16.4 Å². The molecule has 0 spiro atoms. The van der Waals surface area contributed by atoms with Gasteiger partial charge in [-0.05, 0) is 12.1 Å². The summed E-state index contributed by atoms with van der Waals surface area (Å²) in [4.78, 5) is 14.7. The third-order valence-corrected chi connectivity index (χ3v) is 2.24. The number of nitrogens with two attached hydrogens (primary N) is 1. The van der Waals surface area contributed by atoms with Gasteiger partial charge in [0.2, 0.25) is 0 Å². The van der Waals surface area contributed by atoms with Gasteiger partial charge in [-0.3, -0.25) is 4.79 Å². The largest absolute Gasteiger partial charge is 0.480 e. The first-order valence-electron chi connectivity index (χ1n) is 4.20. The van der Waals surface area contributed by atoms with E-state index in [-0.39, 0.29) is 0 Å². The molecule has 3 N–H and O–H groups in total. The highest BCUT2D eigenvalue weighted by Crippen LogP contribution is 2.14. The highest BCUT2D eigenvalue weighted by Gasteiger charge is 2.17. The molecule has 0 aliphatic carbocycles. The van der Waals surface area contributed by atoms with Crippen molar-refractivity contribution in [3.8, 4) is 0 Å². The molecule has 6 heteroatoms. The standard InChI is InChI=1S/C9H8ClN3O2/c10-5-1-2-7-12-6(4-13(7)3-5)8(11)9(14)15/h1-4,8H,11H2,(H,14,15). The molecule has 0 amide bonds. The van der Waals surface area contributed by atoms with E-state index in [0.717, 1.165) is 0 Å². The molecule has 2 rings (SSSR count). The fourth-order valence-electron chi connectivity index (χ4n) is 1.26. The van der Waals surface area contributed by atoms with Gasteiger partial charge in [-0.25, -0.2) is 4.98 Å². The zero-order chi connectivity index (χ0) is 11.0. The number of rotatable bonds is 2. The first-order chi connectivity index (χ1) is 7.08. The van der Waals surface area contributed by atoms with E-state index >= 15 is 0 Å². The lowest BCUT2D eigenvalue weighted by Crippen LogP contribution is -2.20. The molecule has 78 valence electrons. The molecule has 0 saturated heterocycles. The van der Waals surface area contributed by atoms with Gasteiger partial charge >= 0.3 is 5.97 Å². The van der Waals surface area contributed by atoms with E-state index in [1.807, 2.05) is 0 Å². The van der Waals surface area contributed by atoms with Crippen molar-refractivity contribution < 1.29 is 9.90 Å². The number of hydrogen-bond acceptors (Lipinski definition) is 3. The summed E-state index contributed by atoms with van der Waals surface area (Å²) in [5, 5.41) is 9.27. The first-order valence-corrected chi connectivity index (χ1v) is 4.58. The summed E-state index contributed by atoms with van der Waals surface area (Å²) in [5.41, 5.74) is 6.36. The van der Waals surface area contributed by atoms with Crippen LogP contribution in [0.3, 0.4) is 0 Å². The Hall–Kier alpha value is -1.59. The molecule has 1 atom stereocenters. The van der Waals surface area contributed by atoms with Crippen molar-refractivity contribution in [3.05, 3.63) is 35.2 Å². The lowest BCUT2D eigenvalue weighted by Gasteiger charge is -1.99. The van der Waals surface area contributed by atoms with Gasteiger partial charge < -0.3 is 15.2 Å². The molecule has 0 bridgehead atoms. The average molecular weight is 226 g/mol. The van der Waals surface area contributed by atoms with Crippen molar-refractivity contribution in [1.29, 1.82) is 0 Å². The summed E-state index contributed by atoms with van der Waals surface area (Å²) in [6.45, 7) is 0. The number of aromatic nitrogens is 2. The van der Waals surface area contributed by atoms with Crippen LogP contribution in [0.5, 0.6) is 0 Å². The summed E-state index contributed by atoms with van der Waals surface area (Å²) in [5.74, 6) is -1.11. The number of carboxylic acids is 1. The Morgan fingerprint density at radius 1 is 1.53 bits per heavy atom. The first kappa shape index (κ1) is 9.95. The quantitative estimate of drug-likeness (QED) is 0.801. The molecule has 0 aromatic carbocycles. The highest BCUT2D eigenvalue weighted by molar-refractivity contribution is 6.30. The second kappa shape index (κ2) is 3.52. The Morgan fingerprint density at radius 2 is 2.27 bits per heavy atom. The predicted molar refractivity (Wildman–Crippen MR) is 54.8 cm³/mol. The maximum absolute atomic E-state index is 10.6. The fourth-order valence-corrected chi connectivity index (χ4v) is 1.43. The summed E-state index contributed by atoms with van der Waals surface area (Å²) in [7, 11) is 0. The smallest absolute Gasteiger partial charge is 0.326 e. The van der Waals surface area contributed by atoms with Crippen molar-refractivity contribution in [2.45, 2.75) is 6.04 Å². The maximum Gasteiger partial charge on any atom is 0.326 e. The Morgan fingerprint density at radius 3 is 2.93 bits per heavy atom. The summed E-state index contributed by atoms with van der Waals surface area (Å²) in [6.07, 6.45) is 3.20. The molecule has 2 heterocycles. The number of fused-ring (bicyclic) bond motifs is 1. The van der Waals surface area contributed by atoms with Crippen LogP contribution in [0.4, 0.5) is 0 Å². The topological polar surface area (TPSA) is 80.6 Å². The zero-order valence-electron chi connectivity index (χ0n) is 7.59. The van der Waals surface area contributed by atoms with E-state index in [4.69, 9.17) is 22.4 Å². The minimum atomic E-state index is -1.11. The van der Waals surface area contributed by atoms with Crippen LogP contribution in [-0.4, -0.2) is 20.5 Å². The molecule has 0 radical (unpaired) electrons. The molecule has 15 heavy (non-hydrogen) atoms. The van der Waals surface area contributed by atoms with E-state index in [2.05, 4.69) is 4.98 Å². The molecular formula is C9H8ClN3O2. The monoisotopic (exact) mass is 225 g/mol. The number of hydrogen-bond donors (Lipinski definition) is 2. The van der Waals surface area contributed by atoms with Crippen molar-refractivity contribution >= 4 is 23.2 Å². The van der Waals surface area contributed by atoms with Crippen LogP contribution in [0.25, 0.3) is 5.65 Å². The van der Waals surface area contributed by atoms with Gasteiger partial charge in [-0.15, -0.1) is 0 Å². The van der Waals surface area contributed by atoms with Gasteiger partial charge in [0.25, 0.3) is 0 Å². The highest BCUT2D eigenvalue weighted by atomic mass is 35.5. The van der Waals surface area contributed by atoms with Crippen molar-refractivity contribution in [2.24, 2.45) is 5.73 Å². The van der Waals surface area contributed by atoms with Gasteiger partial charge in [0.1, 0.15) is 11.7 Å². The molecule has 2 aromatic rings. The van der Waals surface area contributed by atoms with Crippen molar-refractivity contribution in [3.63, 3.8) is 0 Å². The van der Waals surface area contributed by atoms with Gasteiger partial charge in [0.15, 0.2) is 0 Å². The van der Waals surface area contributed by atoms with Gasteiger partial charge in [0.05, 0.1) is 10.7 Å². The lowest BCUT2D eigenvalue weighted by molar-refractivity contribution is -0.138. The Bertz CT molecular complexity index is 523. The van der Waals surface area contributed by atoms with E-state index in [9.17, 15) is 4.79 Å². The maximum atomic E-state index is 10.6. The third kappa shape index (κ3) is 1.79. The number of halogens is 1. The van der Waals surface area contributed by atoms with Gasteiger partial charge in [-0.1, -0.05) is 11.6 Å². The van der Waals surface area contributed by atoms with E-state index in [1.165, 1.54) is 0 Å². The Kier molecular flexibility index (Phi) is 2.34. The molecule has 0 saturated carbocycles. The zero-order valence-corrected chi connectivity index (χ0v) is 8.35. The lowest BCUT2D eigenvalue weighted by atomic mass is 10.2. The average Bonchev–Trinajstić information content (AvgIpc) is 2.58. The van der Waals surface area contributed by atoms with Crippen LogP contribution in [-0.2, 0) is 4.79 Å². The molecule has 2 aromatic heterocycles. The number of nitrogens with zero attached hydrogens (tertiary/aromatic N) is 2. The Labute approximate surface area is 90.1 Å². The van der Waals surface area contributed by atoms with Crippen molar-refractivity contribution in [2.75, 3.05) is 0 Å².